The van der Waals surface area contributed by atoms with Crippen molar-refractivity contribution in [3.05, 3.63) is 33.8 Å². The molecule has 6 heteroatoms. The van der Waals surface area contributed by atoms with E-state index in [0.717, 1.165) is 34.6 Å². The molecule has 0 fully saturated rings. The van der Waals surface area contributed by atoms with Gasteiger partial charge in [-0.2, -0.15) is 0 Å². The van der Waals surface area contributed by atoms with Crippen LogP contribution in [-0.4, -0.2) is 21.9 Å². The second kappa shape index (κ2) is 5.71. The van der Waals surface area contributed by atoms with E-state index in [1.807, 2.05) is 22.8 Å². The Morgan fingerprint density at radius 3 is 2.83 bits per heavy atom. The van der Waals surface area contributed by atoms with E-state index in [-0.39, 0.29) is 0 Å². The molecular weight excluding hydrogens is 318 g/mol. The molecule has 0 saturated carbocycles. The third kappa shape index (κ3) is 2.52. The Kier molecular flexibility index (Phi) is 4.24. The SMILES string of the molecule is CCCc1nnc(Cl)n1-c1cc(OC)ccc1Br. The van der Waals surface area contributed by atoms with Crippen molar-refractivity contribution >= 4 is 27.5 Å². The lowest BCUT2D eigenvalue weighted by Crippen LogP contribution is -2.02. The Balaban J connectivity index is 2.56. The summed E-state index contributed by atoms with van der Waals surface area (Å²) in [6, 6.07) is 5.70. The zero-order chi connectivity index (χ0) is 13.1. The molecule has 2 rings (SSSR count). The van der Waals surface area contributed by atoms with E-state index in [2.05, 4.69) is 33.1 Å². The molecule has 96 valence electrons. The topological polar surface area (TPSA) is 39.9 Å². The summed E-state index contributed by atoms with van der Waals surface area (Å²) in [5.74, 6) is 1.61. The zero-order valence-electron chi connectivity index (χ0n) is 10.2. The molecule has 0 aliphatic heterocycles. The highest BCUT2D eigenvalue weighted by Gasteiger charge is 2.14. The van der Waals surface area contributed by atoms with E-state index in [0.29, 0.717) is 5.28 Å². The molecule has 0 spiro atoms. The highest BCUT2D eigenvalue weighted by atomic mass is 79.9. The summed E-state index contributed by atoms with van der Waals surface area (Å²) in [6.07, 6.45) is 1.81. The molecule has 1 aromatic carbocycles. The number of hydrogen-bond donors (Lipinski definition) is 0. The van der Waals surface area contributed by atoms with Crippen LogP contribution in [-0.2, 0) is 6.42 Å². The molecule has 0 aliphatic rings. The first-order valence-corrected chi connectivity index (χ1v) is 6.78. The van der Waals surface area contributed by atoms with Crippen LogP contribution in [0, 0.1) is 0 Å². The van der Waals surface area contributed by atoms with E-state index >= 15 is 0 Å². The van der Waals surface area contributed by atoms with Gasteiger partial charge in [-0.3, -0.25) is 4.57 Å². The smallest absolute Gasteiger partial charge is 0.229 e. The first kappa shape index (κ1) is 13.4. The largest absolute Gasteiger partial charge is 0.497 e. The van der Waals surface area contributed by atoms with Gasteiger partial charge < -0.3 is 4.74 Å². The summed E-state index contributed by atoms with van der Waals surface area (Å²) in [5.41, 5.74) is 0.882. The van der Waals surface area contributed by atoms with Gasteiger partial charge in [-0.1, -0.05) is 6.92 Å². The Labute approximate surface area is 119 Å². The fourth-order valence-corrected chi connectivity index (χ4v) is 2.36. The second-order valence-corrected chi connectivity index (χ2v) is 4.98. The summed E-state index contributed by atoms with van der Waals surface area (Å²) in [5, 5.41) is 8.38. The van der Waals surface area contributed by atoms with Gasteiger partial charge in [0, 0.05) is 17.0 Å². The fraction of sp³-hybridized carbons (Fsp3) is 0.333. The predicted molar refractivity (Wildman–Crippen MR) is 74.6 cm³/mol. The number of nitrogens with zero attached hydrogens (tertiary/aromatic N) is 3. The van der Waals surface area contributed by atoms with Crippen molar-refractivity contribution in [1.29, 1.82) is 0 Å². The van der Waals surface area contributed by atoms with Crippen molar-refractivity contribution in [2.24, 2.45) is 0 Å². The third-order valence-electron chi connectivity index (χ3n) is 2.56. The molecule has 0 N–H and O–H groups in total. The zero-order valence-corrected chi connectivity index (χ0v) is 12.5. The summed E-state index contributed by atoms with van der Waals surface area (Å²) >= 11 is 9.62. The van der Waals surface area contributed by atoms with E-state index in [4.69, 9.17) is 16.3 Å². The molecular formula is C12H13BrClN3O. The lowest BCUT2D eigenvalue weighted by atomic mass is 10.2. The second-order valence-electron chi connectivity index (χ2n) is 3.79. The van der Waals surface area contributed by atoms with Crippen molar-refractivity contribution in [3.63, 3.8) is 0 Å². The average molecular weight is 331 g/mol. The fourth-order valence-electron chi connectivity index (χ4n) is 1.71. The van der Waals surface area contributed by atoms with Gasteiger partial charge in [0.25, 0.3) is 0 Å². The monoisotopic (exact) mass is 329 g/mol. The van der Waals surface area contributed by atoms with Gasteiger partial charge in [-0.25, -0.2) is 0 Å². The Morgan fingerprint density at radius 2 is 2.17 bits per heavy atom. The minimum atomic E-state index is 0.354. The first-order chi connectivity index (χ1) is 8.67. The Hall–Kier alpha value is -1.07. The predicted octanol–water partition coefficient (Wildman–Crippen LogP) is 3.64. The number of rotatable bonds is 4. The Bertz CT molecular complexity index is 556. The van der Waals surface area contributed by atoms with Crippen molar-refractivity contribution < 1.29 is 4.74 Å². The molecule has 0 unspecified atom stereocenters. The van der Waals surface area contributed by atoms with Crippen molar-refractivity contribution in [2.75, 3.05) is 7.11 Å². The standard InChI is InChI=1S/C12H13BrClN3O/c1-3-4-11-15-16-12(14)17(11)10-7-8(18-2)5-6-9(10)13/h5-7H,3-4H2,1-2H3. The molecule has 0 amide bonds. The summed E-state index contributed by atoms with van der Waals surface area (Å²) < 4.78 is 7.98. The highest BCUT2D eigenvalue weighted by molar-refractivity contribution is 9.10. The van der Waals surface area contributed by atoms with Crippen molar-refractivity contribution in [1.82, 2.24) is 14.8 Å². The molecule has 18 heavy (non-hydrogen) atoms. The van der Waals surface area contributed by atoms with Gasteiger partial charge in [-0.05, 0) is 46.1 Å². The van der Waals surface area contributed by atoms with Crippen LogP contribution < -0.4 is 4.74 Å². The molecule has 1 heterocycles. The van der Waals surface area contributed by atoms with Crippen molar-refractivity contribution in [2.45, 2.75) is 19.8 Å². The van der Waals surface area contributed by atoms with Gasteiger partial charge in [0.1, 0.15) is 11.6 Å². The molecule has 0 bridgehead atoms. The number of benzene rings is 1. The number of halogens is 2. The van der Waals surface area contributed by atoms with Crippen LogP contribution in [0.25, 0.3) is 5.69 Å². The maximum Gasteiger partial charge on any atom is 0.229 e. The number of ether oxygens (including phenoxy) is 1. The lowest BCUT2D eigenvalue weighted by molar-refractivity contribution is 0.414. The van der Waals surface area contributed by atoms with E-state index in [1.165, 1.54) is 0 Å². The summed E-state index contributed by atoms with van der Waals surface area (Å²) in [6.45, 7) is 2.09. The van der Waals surface area contributed by atoms with Gasteiger partial charge in [0.15, 0.2) is 0 Å². The molecule has 2 aromatic rings. The van der Waals surface area contributed by atoms with E-state index in [1.54, 1.807) is 7.11 Å². The van der Waals surface area contributed by atoms with Crippen molar-refractivity contribution in [3.8, 4) is 11.4 Å². The van der Waals surface area contributed by atoms with Gasteiger partial charge >= 0.3 is 0 Å². The van der Waals surface area contributed by atoms with Crippen LogP contribution in [0.4, 0.5) is 0 Å². The average Bonchev–Trinajstić information content (AvgIpc) is 2.72. The van der Waals surface area contributed by atoms with Crippen LogP contribution in [0.15, 0.2) is 22.7 Å². The highest BCUT2D eigenvalue weighted by Crippen LogP contribution is 2.29. The van der Waals surface area contributed by atoms with Crippen LogP contribution in [0.1, 0.15) is 19.2 Å². The number of aryl methyl sites for hydroxylation is 1. The van der Waals surface area contributed by atoms with Crippen LogP contribution >= 0.6 is 27.5 Å². The summed E-state index contributed by atoms with van der Waals surface area (Å²) in [4.78, 5) is 0. The number of hydrogen-bond acceptors (Lipinski definition) is 3. The molecule has 0 radical (unpaired) electrons. The first-order valence-electron chi connectivity index (χ1n) is 5.61. The van der Waals surface area contributed by atoms with Crippen LogP contribution in [0.3, 0.4) is 0 Å². The number of aromatic nitrogens is 3. The lowest BCUT2D eigenvalue weighted by Gasteiger charge is -2.11. The van der Waals surface area contributed by atoms with Crippen LogP contribution in [0.5, 0.6) is 5.75 Å². The molecule has 0 aliphatic carbocycles. The van der Waals surface area contributed by atoms with Gasteiger partial charge in [0.2, 0.25) is 5.28 Å². The van der Waals surface area contributed by atoms with Gasteiger partial charge in [0.05, 0.1) is 12.8 Å². The molecule has 4 nitrogen and oxygen atoms in total. The van der Waals surface area contributed by atoms with Gasteiger partial charge in [-0.15, -0.1) is 10.2 Å². The maximum atomic E-state index is 6.11. The molecule has 1 aromatic heterocycles. The quantitative estimate of drug-likeness (QED) is 0.859. The van der Waals surface area contributed by atoms with E-state index < -0.39 is 0 Å². The molecule has 0 atom stereocenters. The minimum absolute atomic E-state index is 0.354. The maximum absolute atomic E-state index is 6.11. The van der Waals surface area contributed by atoms with Crippen LogP contribution in [0.2, 0.25) is 5.28 Å². The third-order valence-corrected chi connectivity index (χ3v) is 3.47. The minimum Gasteiger partial charge on any atom is -0.497 e. The Morgan fingerprint density at radius 1 is 1.39 bits per heavy atom. The normalized spacial score (nSPS) is 10.7. The number of methoxy groups -OCH3 is 1. The summed E-state index contributed by atoms with van der Waals surface area (Å²) in [7, 11) is 1.63. The molecule has 0 saturated heterocycles. The van der Waals surface area contributed by atoms with E-state index in [9.17, 15) is 0 Å².